The highest BCUT2D eigenvalue weighted by atomic mass is 16.3. The average molecular weight is 372 g/mol. The molecule has 0 spiro atoms. The average Bonchev–Trinajstić information content (AvgIpc) is 3.10. The quantitative estimate of drug-likeness (QED) is 0.481. The van der Waals surface area contributed by atoms with Crippen molar-refractivity contribution in [3.8, 4) is 16.9 Å². The van der Waals surface area contributed by atoms with Crippen molar-refractivity contribution in [3.63, 3.8) is 0 Å². The molecule has 1 heterocycles. The van der Waals surface area contributed by atoms with Gasteiger partial charge in [-0.05, 0) is 30.8 Å². The molecule has 3 N–H and O–H groups in total. The van der Waals surface area contributed by atoms with Crippen molar-refractivity contribution in [2.75, 3.05) is 13.6 Å². The molecule has 0 amide bonds. The van der Waals surface area contributed by atoms with Gasteiger partial charge in [0, 0.05) is 23.2 Å². The van der Waals surface area contributed by atoms with Gasteiger partial charge in [0.2, 0.25) is 0 Å². The SMILES string of the molecule is CNCC(O)C(O)c1c(-c2ccccc2)n(-c2ccccc2)c2ccccc12. The van der Waals surface area contributed by atoms with Crippen molar-refractivity contribution >= 4 is 10.9 Å². The smallest absolute Gasteiger partial charge is 0.109 e. The summed E-state index contributed by atoms with van der Waals surface area (Å²) in [7, 11) is 1.77. The molecule has 0 aliphatic rings. The fourth-order valence-corrected chi connectivity index (χ4v) is 3.80. The fraction of sp³-hybridized carbons (Fsp3) is 0.167. The lowest BCUT2D eigenvalue weighted by atomic mass is 9.97. The number of fused-ring (bicyclic) bond motifs is 1. The summed E-state index contributed by atoms with van der Waals surface area (Å²) in [5.74, 6) is 0. The molecule has 0 bridgehead atoms. The van der Waals surface area contributed by atoms with E-state index in [2.05, 4.69) is 28.1 Å². The van der Waals surface area contributed by atoms with Gasteiger partial charge in [-0.3, -0.25) is 0 Å². The number of hydrogen-bond donors (Lipinski definition) is 3. The minimum absolute atomic E-state index is 0.306. The first-order valence-electron chi connectivity index (χ1n) is 9.47. The lowest BCUT2D eigenvalue weighted by molar-refractivity contribution is 0.0214. The molecule has 4 aromatic rings. The Morgan fingerprint density at radius 3 is 2.11 bits per heavy atom. The van der Waals surface area contributed by atoms with Gasteiger partial charge in [0.1, 0.15) is 6.10 Å². The maximum Gasteiger partial charge on any atom is 0.109 e. The second kappa shape index (κ2) is 7.98. The molecular formula is C24H24N2O2. The van der Waals surface area contributed by atoms with Crippen molar-refractivity contribution in [2.24, 2.45) is 0 Å². The summed E-state index contributed by atoms with van der Waals surface area (Å²) in [6.07, 6.45) is -1.93. The molecule has 2 unspecified atom stereocenters. The van der Waals surface area contributed by atoms with Gasteiger partial charge in [-0.15, -0.1) is 0 Å². The summed E-state index contributed by atoms with van der Waals surface area (Å²) in [4.78, 5) is 0. The first-order valence-corrected chi connectivity index (χ1v) is 9.47. The van der Waals surface area contributed by atoms with E-state index in [9.17, 15) is 10.2 Å². The van der Waals surface area contributed by atoms with Crippen LogP contribution >= 0.6 is 0 Å². The summed E-state index contributed by atoms with van der Waals surface area (Å²) in [6, 6.07) is 28.2. The van der Waals surface area contributed by atoms with Gasteiger partial charge < -0.3 is 20.1 Å². The highest BCUT2D eigenvalue weighted by molar-refractivity contribution is 5.94. The number of nitrogens with one attached hydrogen (secondary N) is 1. The predicted octanol–water partition coefficient (Wildman–Crippen LogP) is 3.91. The predicted molar refractivity (Wildman–Crippen MR) is 114 cm³/mol. The molecule has 0 aliphatic carbocycles. The van der Waals surface area contributed by atoms with Crippen LogP contribution in [0, 0.1) is 0 Å². The van der Waals surface area contributed by atoms with Crippen molar-refractivity contribution in [1.29, 1.82) is 0 Å². The number of aliphatic hydroxyl groups is 2. The summed E-state index contributed by atoms with van der Waals surface area (Å²) >= 11 is 0. The third-order valence-corrected chi connectivity index (χ3v) is 5.05. The number of aromatic nitrogens is 1. The highest BCUT2D eigenvalue weighted by Gasteiger charge is 2.28. The van der Waals surface area contributed by atoms with E-state index in [0.717, 1.165) is 33.4 Å². The van der Waals surface area contributed by atoms with E-state index < -0.39 is 12.2 Å². The minimum Gasteiger partial charge on any atom is -0.389 e. The Hall–Kier alpha value is -2.92. The molecule has 2 atom stereocenters. The Bertz CT molecular complexity index is 1060. The fourth-order valence-electron chi connectivity index (χ4n) is 3.80. The largest absolute Gasteiger partial charge is 0.389 e. The summed E-state index contributed by atoms with van der Waals surface area (Å²) in [5, 5.41) is 25.6. The Morgan fingerprint density at radius 1 is 0.821 bits per heavy atom. The Labute approximate surface area is 164 Å². The molecule has 28 heavy (non-hydrogen) atoms. The lowest BCUT2D eigenvalue weighted by Gasteiger charge is -2.20. The molecule has 1 aromatic heterocycles. The zero-order chi connectivity index (χ0) is 19.5. The zero-order valence-corrected chi connectivity index (χ0v) is 15.8. The lowest BCUT2D eigenvalue weighted by Crippen LogP contribution is -2.29. The standard InChI is InChI=1S/C24H24N2O2/c1-25-16-21(27)24(28)22-19-14-8-9-15-20(19)26(18-12-6-3-7-13-18)23(22)17-10-4-2-5-11-17/h2-15,21,24-25,27-28H,16H2,1H3. The zero-order valence-electron chi connectivity index (χ0n) is 15.8. The normalized spacial score (nSPS) is 13.5. The van der Waals surface area contributed by atoms with Crippen LogP contribution in [-0.4, -0.2) is 34.5 Å². The first-order chi connectivity index (χ1) is 13.7. The van der Waals surface area contributed by atoms with Gasteiger partial charge >= 0.3 is 0 Å². The Balaban J connectivity index is 2.08. The second-order valence-corrected chi connectivity index (χ2v) is 6.89. The maximum absolute atomic E-state index is 11.1. The Kier molecular flexibility index (Phi) is 5.26. The summed E-state index contributed by atoms with van der Waals surface area (Å²) < 4.78 is 2.16. The number of aliphatic hydroxyl groups excluding tert-OH is 2. The van der Waals surface area contributed by atoms with Crippen LogP contribution in [0.4, 0.5) is 0 Å². The maximum atomic E-state index is 11.1. The monoisotopic (exact) mass is 372 g/mol. The molecular weight excluding hydrogens is 348 g/mol. The summed E-state index contributed by atoms with van der Waals surface area (Å²) in [6.45, 7) is 0.306. The van der Waals surface area contributed by atoms with E-state index in [1.165, 1.54) is 0 Å². The van der Waals surface area contributed by atoms with Gasteiger partial charge in [-0.25, -0.2) is 0 Å². The van der Waals surface area contributed by atoms with Crippen LogP contribution in [0.2, 0.25) is 0 Å². The minimum atomic E-state index is -1.02. The van der Waals surface area contributed by atoms with Crippen LogP contribution in [0.1, 0.15) is 11.7 Å². The number of hydrogen-bond acceptors (Lipinski definition) is 3. The number of rotatable bonds is 6. The van der Waals surface area contributed by atoms with Gasteiger partial charge in [0.25, 0.3) is 0 Å². The molecule has 0 aliphatic heterocycles. The van der Waals surface area contributed by atoms with Crippen molar-refractivity contribution in [2.45, 2.75) is 12.2 Å². The number of nitrogens with zero attached hydrogens (tertiary/aromatic N) is 1. The van der Waals surface area contributed by atoms with Gasteiger partial charge in [0.15, 0.2) is 0 Å². The molecule has 0 fully saturated rings. The van der Waals surface area contributed by atoms with Crippen LogP contribution in [0.15, 0.2) is 84.9 Å². The van der Waals surface area contributed by atoms with Crippen LogP contribution in [0.3, 0.4) is 0 Å². The molecule has 4 rings (SSSR count). The third kappa shape index (κ3) is 3.22. The summed E-state index contributed by atoms with van der Waals surface area (Å²) in [5.41, 5.74) is 4.65. The third-order valence-electron chi connectivity index (χ3n) is 5.05. The Morgan fingerprint density at radius 2 is 1.43 bits per heavy atom. The van der Waals surface area contributed by atoms with Crippen LogP contribution < -0.4 is 5.32 Å². The molecule has 3 aromatic carbocycles. The van der Waals surface area contributed by atoms with Crippen LogP contribution in [0.5, 0.6) is 0 Å². The van der Waals surface area contributed by atoms with E-state index in [-0.39, 0.29) is 0 Å². The number of likely N-dealkylation sites (N-methyl/N-ethyl adjacent to an activating group) is 1. The van der Waals surface area contributed by atoms with Crippen LogP contribution in [-0.2, 0) is 0 Å². The van der Waals surface area contributed by atoms with Gasteiger partial charge in [-0.1, -0.05) is 66.7 Å². The second-order valence-electron chi connectivity index (χ2n) is 6.89. The van der Waals surface area contributed by atoms with E-state index >= 15 is 0 Å². The van der Waals surface area contributed by atoms with Crippen molar-refractivity contribution in [3.05, 3.63) is 90.5 Å². The molecule has 4 nitrogen and oxygen atoms in total. The highest BCUT2D eigenvalue weighted by Crippen LogP contribution is 2.40. The molecule has 4 heteroatoms. The van der Waals surface area contributed by atoms with E-state index in [1.807, 2.05) is 66.7 Å². The topological polar surface area (TPSA) is 57.4 Å². The van der Waals surface area contributed by atoms with Crippen molar-refractivity contribution < 1.29 is 10.2 Å². The van der Waals surface area contributed by atoms with Gasteiger partial charge in [-0.2, -0.15) is 0 Å². The van der Waals surface area contributed by atoms with E-state index in [1.54, 1.807) is 7.05 Å². The molecule has 0 saturated carbocycles. The van der Waals surface area contributed by atoms with E-state index in [0.29, 0.717) is 6.54 Å². The number of benzene rings is 3. The molecule has 0 saturated heterocycles. The number of para-hydroxylation sites is 2. The van der Waals surface area contributed by atoms with E-state index in [4.69, 9.17) is 0 Å². The van der Waals surface area contributed by atoms with Crippen molar-refractivity contribution in [1.82, 2.24) is 9.88 Å². The molecule has 142 valence electrons. The van der Waals surface area contributed by atoms with Crippen LogP contribution in [0.25, 0.3) is 27.8 Å². The molecule has 0 radical (unpaired) electrons. The van der Waals surface area contributed by atoms with Gasteiger partial charge in [0.05, 0.1) is 17.3 Å². The first kappa shape index (κ1) is 18.4.